The highest BCUT2D eigenvalue weighted by Gasteiger charge is 2.42. The van der Waals surface area contributed by atoms with Gasteiger partial charge in [0.2, 0.25) is 100 Å². The number of aliphatic hydroxyl groups is 5. The fourth-order valence-corrected chi connectivity index (χ4v) is 13.9. The second kappa shape index (κ2) is 59.5. The fourth-order valence-electron chi connectivity index (χ4n) is 13.9. The summed E-state index contributed by atoms with van der Waals surface area (Å²) in [4.78, 5) is 253. The van der Waals surface area contributed by atoms with Crippen molar-refractivity contribution >= 4 is 118 Å². The van der Waals surface area contributed by atoms with E-state index >= 15 is 24.0 Å². The van der Waals surface area contributed by atoms with Gasteiger partial charge in [-0.1, -0.05) is 149 Å². The lowest BCUT2D eigenvalue weighted by Gasteiger charge is -2.33. The first-order chi connectivity index (χ1) is 65.2. The number of likely N-dealkylation sites (N-methyl/N-ethyl adjacent to an activating group) is 1. The number of nitrogens with zero attached hydrogens (tertiary/aromatic N) is 1. The van der Waals surface area contributed by atoms with Crippen molar-refractivity contribution in [1.29, 1.82) is 10.8 Å². The molecule has 0 heterocycles. The predicted molar refractivity (Wildman–Crippen MR) is 500 cm³/mol. The lowest BCUT2D eigenvalue weighted by Crippen LogP contribution is -2.63. The van der Waals surface area contributed by atoms with Gasteiger partial charge in [0.05, 0.1) is 38.4 Å². The minimum Gasteiger partial charge on any atom is -0.480 e. The van der Waals surface area contributed by atoms with E-state index in [-0.39, 0.29) is 76.8 Å². The number of primary amides is 2. The molecule has 4 aromatic rings. The van der Waals surface area contributed by atoms with Crippen molar-refractivity contribution in [2.45, 2.75) is 241 Å². The largest absolute Gasteiger partial charge is 0.480 e. The molecule has 0 spiro atoms. The second-order valence-corrected chi connectivity index (χ2v) is 34.0. The van der Waals surface area contributed by atoms with E-state index in [1.807, 2.05) is 0 Å². The molecule has 0 fully saturated rings. The van der Waals surface area contributed by atoms with Crippen LogP contribution >= 0.6 is 0 Å². The lowest BCUT2D eigenvalue weighted by atomic mass is 9.99. The lowest BCUT2D eigenvalue weighted by molar-refractivity contribution is -0.144. The number of hydrogen-bond donors (Lipinski definition) is 29. The Bertz CT molecular complexity index is 4760. The molecule has 4 rings (SSSR count). The van der Waals surface area contributed by atoms with E-state index in [0.29, 0.717) is 22.3 Å². The molecule has 48 nitrogen and oxygen atoms in total. The van der Waals surface area contributed by atoms with Gasteiger partial charge in [-0.25, -0.2) is 0 Å². The first-order valence-corrected chi connectivity index (χ1v) is 44.7. The van der Waals surface area contributed by atoms with E-state index in [9.17, 15) is 93.0 Å². The zero-order chi connectivity index (χ0) is 103. The molecule has 4 aromatic carbocycles. The van der Waals surface area contributed by atoms with Gasteiger partial charge >= 0.3 is 5.97 Å². The molecule has 18 atom stereocenters. The van der Waals surface area contributed by atoms with Gasteiger partial charge in [0.25, 0.3) is 0 Å². The third-order valence-corrected chi connectivity index (χ3v) is 21.4. The number of nitrogens with one attached hydrogen (secondary N) is 18. The van der Waals surface area contributed by atoms with E-state index in [1.165, 1.54) is 0 Å². The molecule has 17 amide bonds. The van der Waals surface area contributed by atoms with Gasteiger partial charge in [0.15, 0.2) is 11.9 Å². The number of amides is 17. The Morgan fingerprint density at radius 1 is 0.341 bits per heavy atom. The average Bonchev–Trinajstić information content (AvgIpc) is 0.826. The van der Waals surface area contributed by atoms with Crippen LogP contribution in [0.15, 0.2) is 121 Å². The molecule has 758 valence electrons. The number of aliphatic hydroxyl groups excluding tert-OH is 5. The maximum Gasteiger partial charge on any atom is 0.325 e. The summed E-state index contributed by atoms with van der Waals surface area (Å²) in [6.07, 6.45) is -7.73. The Balaban J connectivity index is 1.72. The van der Waals surface area contributed by atoms with E-state index in [1.54, 1.807) is 149 Å². The molecule has 34 N–H and O–H groups in total. The van der Waals surface area contributed by atoms with Gasteiger partial charge in [-0.3, -0.25) is 97.1 Å². The number of guanidine groups is 2. The highest BCUT2D eigenvalue weighted by Crippen LogP contribution is 2.18. The highest BCUT2D eigenvalue weighted by molar-refractivity contribution is 6.02. The highest BCUT2D eigenvalue weighted by atomic mass is 16.4. The standard InChI is InChI=1S/C90H134N24O24/c1-47(2)37-60(104-73(122)56(91)44-115)78(127)110-66(45-116)83(132)112-71(50(6)118)86(135)109-64(41-54-27-17-11-18-28-54)81(130)107-62(39-52-23-13-9-14-24-52)79(128)101-57(31-21-35-98-89(94)95)75(124)105-61(38-48(3)4)77(126)106-63(40-53-25-15-10-16-26-53)80(129)108-65(43-70(93)121)82(131)102-58(32-22-36-99-90(96)97)76(125)111-67(46-117)87(136)114(8)68(42-55-29-19-12-20-30-55)84(133)113-72(51(7)119)85(134)103-59(33-34-69(92)120)74(123)100-49(5)88(137)138/h9-20,23-30,47-51,56-68,71-72,115-119H,21-22,31-46,91H2,1-8H3,(H2,92,120)(H2,93,121)(H,100,123)(H,101,128)(H,102,131)(H,103,134)(H,104,122)(H,105,124)(H,106,126)(H,107,130)(H,108,129)(H,109,135)(H,110,127)(H,111,125)(H,112,132)(H,113,133)(H,137,138)(H4,94,95,98)(H4,96,97,99)/t49-,50+,51+,56-,57-,58-,59-,60-,61-,62-,63-,64-,65-,66-,67-,68-,71-,72-/m0/s1. The molecule has 0 aliphatic carbocycles. The molecular formula is C90H134N24O24. The number of nitrogens with two attached hydrogens (primary N) is 5. The predicted octanol–water partition coefficient (Wildman–Crippen LogP) is -8.50. The molecule has 0 aliphatic heterocycles. The van der Waals surface area contributed by atoms with Crippen LogP contribution in [-0.2, 0) is 112 Å². The Morgan fingerprint density at radius 3 is 0.993 bits per heavy atom. The molecule has 0 bridgehead atoms. The van der Waals surface area contributed by atoms with Crippen LogP contribution in [0.5, 0.6) is 0 Å². The summed E-state index contributed by atoms with van der Waals surface area (Å²) in [6, 6.07) is 5.03. The monoisotopic (exact) mass is 1940 g/mol. The third-order valence-electron chi connectivity index (χ3n) is 21.4. The molecular weight excluding hydrogens is 1800 g/mol. The Labute approximate surface area is 797 Å². The van der Waals surface area contributed by atoms with Crippen LogP contribution in [0.1, 0.15) is 129 Å². The fraction of sp³-hybridized carbons (Fsp3) is 0.511. The van der Waals surface area contributed by atoms with E-state index < -0.39 is 279 Å². The van der Waals surface area contributed by atoms with Crippen molar-refractivity contribution in [1.82, 2.24) is 90.0 Å². The van der Waals surface area contributed by atoms with Gasteiger partial charge in [-0.2, -0.15) is 0 Å². The number of rotatable bonds is 61. The third kappa shape index (κ3) is 41.5. The molecule has 138 heavy (non-hydrogen) atoms. The van der Waals surface area contributed by atoms with Crippen LogP contribution in [-0.4, -0.2) is 303 Å². The minimum atomic E-state index is -2.01. The first-order valence-electron chi connectivity index (χ1n) is 44.7. The van der Waals surface area contributed by atoms with Crippen LogP contribution < -0.4 is 114 Å². The maximum atomic E-state index is 15.2. The zero-order valence-electron chi connectivity index (χ0n) is 78.2. The normalized spacial score (nSPS) is 15.0. The quantitative estimate of drug-likeness (QED) is 0.0111. The Kier molecular flexibility index (Phi) is 50.0. The van der Waals surface area contributed by atoms with Crippen molar-refractivity contribution in [3.63, 3.8) is 0 Å². The SMILES string of the molecule is CC(C)C[C@H](NC(=O)[C@H](CCCNC(=N)N)NC(=O)[C@H](Cc1ccccc1)NC(=O)[C@H](Cc1ccccc1)NC(=O)[C@@H](NC(=O)[C@H](CO)NC(=O)[C@H](CC(C)C)NC(=O)[C@@H](N)CO)[C@@H](C)O)C(=O)N[C@@H](Cc1ccccc1)C(=O)N[C@@H](CC(N)=O)C(=O)N[C@@H](CCCNC(=N)N)C(=O)N[C@@H](CO)C(=O)N(C)[C@@H](Cc1ccccc1)C(=O)N[C@H](C(=O)N[C@@H](CCC(N)=O)C(=O)N[C@@H](C)C(=O)O)[C@@H](C)O. The Morgan fingerprint density at radius 2 is 0.638 bits per heavy atom. The summed E-state index contributed by atoms with van der Waals surface area (Å²) in [7, 11) is 1.09. The van der Waals surface area contributed by atoms with E-state index in [4.69, 9.17) is 39.5 Å². The van der Waals surface area contributed by atoms with Crippen molar-refractivity contribution < 1.29 is 117 Å². The summed E-state index contributed by atoms with van der Waals surface area (Å²) in [5.41, 5.74) is 29.5. The topological polar surface area (TPSA) is 802 Å². The van der Waals surface area contributed by atoms with Crippen molar-refractivity contribution in [3.8, 4) is 0 Å². The van der Waals surface area contributed by atoms with Crippen LogP contribution in [0, 0.1) is 22.7 Å². The summed E-state index contributed by atoms with van der Waals surface area (Å²) >= 11 is 0. The molecule has 0 aliphatic rings. The summed E-state index contributed by atoms with van der Waals surface area (Å²) in [5, 5.41) is 117. The maximum absolute atomic E-state index is 15.2. The van der Waals surface area contributed by atoms with E-state index in [2.05, 4.69) is 85.1 Å². The number of carboxylic acids is 1. The number of aliphatic carboxylic acids is 1. The Hall–Kier alpha value is -14.4. The number of benzene rings is 4. The smallest absolute Gasteiger partial charge is 0.325 e. The summed E-state index contributed by atoms with van der Waals surface area (Å²) in [5.74, 6) is -21.8. The summed E-state index contributed by atoms with van der Waals surface area (Å²) in [6.45, 7) is 6.91. The molecule has 0 unspecified atom stereocenters. The van der Waals surface area contributed by atoms with Crippen LogP contribution in [0.4, 0.5) is 0 Å². The van der Waals surface area contributed by atoms with Crippen LogP contribution in [0.3, 0.4) is 0 Å². The van der Waals surface area contributed by atoms with Gasteiger partial charge < -0.3 is 149 Å². The number of carbonyl (C=O) groups excluding carboxylic acids is 17. The van der Waals surface area contributed by atoms with Crippen LogP contribution in [0.25, 0.3) is 0 Å². The molecule has 0 aromatic heterocycles. The number of carbonyl (C=O) groups is 18. The number of carboxylic acid groups (broad SMARTS) is 1. The van der Waals surface area contributed by atoms with Gasteiger partial charge in [-0.05, 0) is 99.8 Å². The van der Waals surface area contributed by atoms with Crippen molar-refractivity contribution in [3.05, 3.63) is 144 Å². The molecule has 48 heteroatoms. The van der Waals surface area contributed by atoms with Crippen molar-refractivity contribution in [2.24, 2.45) is 40.5 Å². The van der Waals surface area contributed by atoms with Gasteiger partial charge in [-0.15, -0.1) is 0 Å². The average molecular weight is 1940 g/mol. The van der Waals surface area contributed by atoms with Crippen molar-refractivity contribution in [2.75, 3.05) is 40.0 Å². The second-order valence-electron chi connectivity index (χ2n) is 34.0. The van der Waals surface area contributed by atoms with Crippen LogP contribution in [0.2, 0.25) is 0 Å². The zero-order valence-corrected chi connectivity index (χ0v) is 78.2. The number of hydrogen-bond acceptors (Lipinski definition) is 26. The van der Waals surface area contributed by atoms with E-state index in [0.717, 1.165) is 32.7 Å². The van der Waals surface area contributed by atoms with Gasteiger partial charge in [0, 0.05) is 52.2 Å². The summed E-state index contributed by atoms with van der Waals surface area (Å²) < 4.78 is 0. The molecule has 0 saturated heterocycles. The molecule has 0 radical (unpaired) electrons. The first kappa shape index (κ1) is 116. The minimum absolute atomic E-state index is 0.00460. The van der Waals surface area contributed by atoms with Gasteiger partial charge in [0.1, 0.15) is 96.7 Å². The molecule has 0 saturated carbocycles.